The zero-order chi connectivity index (χ0) is 13.9. The largest absolute Gasteiger partial charge is 0.382 e. The molecule has 1 fully saturated rings. The molecule has 0 bridgehead atoms. The molecule has 1 heterocycles. The Kier molecular flexibility index (Phi) is 4.64. The summed E-state index contributed by atoms with van der Waals surface area (Å²) in [7, 11) is 0. The first-order valence-electron chi connectivity index (χ1n) is 7.10. The summed E-state index contributed by atoms with van der Waals surface area (Å²) in [5.41, 5.74) is 2.41. The van der Waals surface area contributed by atoms with Crippen molar-refractivity contribution in [1.29, 1.82) is 0 Å². The van der Waals surface area contributed by atoms with Crippen molar-refractivity contribution < 1.29 is 0 Å². The van der Waals surface area contributed by atoms with Gasteiger partial charge in [0.15, 0.2) is 0 Å². The Morgan fingerprint density at radius 1 is 1.05 bits per heavy atom. The Hall–Kier alpha value is -0.580. The Labute approximate surface area is 133 Å². The lowest BCUT2D eigenvalue weighted by atomic mass is 10.0. The van der Waals surface area contributed by atoms with Gasteiger partial charge in [-0.2, -0.15) is 8.75 Å². The van der Waals surface area contributed by atoms with Crippen LogP contribution >= 0.6 is 34.9 Å². The number of rotatable bonds is 3. The van der Waals surface area contributed by atoms with Crippen molar-refractivity contribution in [2.45, 2.75) is 38.5 Å². The molecule has 1 saturated carbocycles. The number of halogens is 2. The molecule has 108 valence electrons. The molecule has 1 aliphatic rings. The normalized spacial score (nSPS) is 17.3. The third-order valence-electron chi connectivity index (χ3n) is 3.99. The number of fused-ring (bicyclic) bond motifs is 1. The van der Waals surface area contributed by atoms with E-state index in [4.69, 9.17) is 23.2 Å². The summed E-state index contributed by atoms with van der Waals surface area (Å²) in [6, 6.07) is 1.75. The van der Waals surface area contributed by atoms with Crippen LogP contribution in [0.3, 0.4) is 0 Å². The molecule has 3 rings (SSSR count). The number of nitrogens with one attached hydrogen (secondary N) is 1. The first kappa shape index (κ1) is 14.4. The molecule has 1 N–H and O–H groups in total. The zero-order valence-corrected chi connectivity index (χ0v) is 13.5. The van der Waals surface area contributed by atoms with E-state index in [1.165, 1.54) is 50.3 Å². The van der Waals surface area contributed by atoms with Gasteiger partial charge in [0.25, 0.3) is 0 Å². The second kappa shape index (κ2) is 6.46. The quantitative estimate of drug-likeness (QED) is 0.768. The first-order chi connectivity index (χ1) is 9.75. The maximum atomic E-state index is 6.31. The lowest BCUT2D eigenvalue weighted by molar-refractivity contribution is 0.483. The Morgan fingerprint density at radius 2 is 1.75 bits per heavy atom. The molecule has 1 aliphatic carbocycles. The molecule has 0 amide bonds. The van der Waals surface area contributed by atoms with Gasteiger partial charge in [-0.25, -0.2) is 0 Å². The van der Waals surface area contributed by atoms with E-state index in [0.717, 1.165) is 29.2 Å². The summed E-state index contributed by atoms with van der Waals surface area (Å²) in [6.07, 6.45) is 8.03. The van der Waals surface area contributed by atoms with E-state index in [1.807, 2.05) is 0 Å². The van der Waals surface area contributed by atoms with E-state index < -0.39 is 0 Å². The maximum absolute atomic E-state index is 6.31. The van der Waals surface area contributed by atoms with Gasteiger partial charge >= 0.3 is 0 Å². The van der Waals surface area contributed by atoms with Crippen LogP contribution in [-0.2, 0) is 0 Å². The lowest BCUT2D eigenvalue weighted by Gasteiger charge is -2.16. The van der Waals surface area contributed by atoms with Crippen molar-refractivity contribution in [2.24, 2.45) is 5.92 Å². The van der Waals surface area contributed by atoms with Crippen LogP contribution in [0.25, 0.3) is 11.0 Å². The first-order valence-corrected chi connectivity index (χ1v) is 8.58. The third kappa shape index (κ3) is 3.02. The van der Waals surface area contributed by atoms with E-state index in [9.17, 15) is 0 Å². The molecule has 2 aromatic rings. The van der Waals surface area contributed by atoms with Gasteiger partial charge in [-0.1, -0.05) is 48.9 Å². The van der Waals surface area contributed by atoms with Crippen LogP contribution < -0.4 is 5.32 Å². The Morgan fingerprint density at radius 3 is 2.50 bits per heavy atom. The number of hydrogen-bond donors (Lipinski definition) is 1. The van der Waals surface area contributed by atoms with Gasteiger partial charge in [-0.3, -0.25) is 0 Å². The summed E-state index contributed by atoms with van der Waals surface area (Å²) in [5.74, 6) is 0.728. The fourth-order valence-electron chi connectivity index (χ4n) is 2.86. The summed E-state index contributed by atoms with van der Waals surface area (Å²) in [6.45, 7) is 0.952. The average molecular weight is 330 g/mol. The highest BCUT2D eigenvalue weighted by Gasteiger charge is 2.16. The molecule has 0 saturated heterocycles. The molecule has 6 heteroatoms. The van der Waals surface area contributed by atoms with Crippen LogP contribution in [0.15, 0.2) is 6.07 Å². The second-order valence-corrected chi connectivity index (χ2v) is 6.76. The minimum absolute atomic E-state index is 0.568. The van der Waals surface area contributed by atoms with E-state index in [2.05, 4.69) is 14.1 Å². The van der Waals surface area contributed by atoms with Crippen molar-refractivity contribution in [2.75, 3.05) is 11.9 Å². The maximum Gasteiger partial charge on any atom is 0.130 e. The van der Waals surface area contributed by atoms with Gasteiger partial charge in [-0.05, 0) is 24.8 Å². The smallest absolute Gasteiger partial charge is 0.130 e. The molecule has 0 spiro atoms. The molecule has 3 nitrogen and oxygen atoms in total. The minimum Gasteiger partial charge on any atom is -0.382 e. The van der Waals surface area contributed by atoms with Crippen molar-refractivity contribution in [1.82, 2.24) is 8.75 Å². The van der Waals surface area contributed by atoms with Crippen LogP contribution in [-0.4, -0.2) is 15.3 Å². The van der Waals surface area contributed by atoms with Gasteiger partial charge in [0.05, 0.1) is 27.5 Å². The molecule has 1 aromatic carbocycles. The minimum atomic E-state index is 0.568. The van der Waals surface area contributed by atoms with Crippen molar-refractivity contribution in [3.63, 3.8) is 0 Å². The number of anilines is 1. The highest BCUT2D eigenvalue weighted by Crippen LogP contribution is 2.35. The summed E-state index contributed by atoms with van der Waals surface area (Å²) >= 11 is 13.6. The predicted molar refractivity (Wildman–Crippen MR) is 87.1 cm³/mol. The standard InChI is InChI=1S/C14H17Cl2N3S/c15-10-7-11(16)13-14(19-20-18-13)12(10)17-8-9-5-3-1-2-4-6-9/h7,9,17H,1-6,8H2. The zero-order valence-electron chi connectivity index (χ0n) is 11.2. The topological polar surface area (TPSA) is 37.8 Å². The van der Waals surface area contributed by atoms with Crippen molar-refractivity contribution >= 4 is 51.7 Å². The highest BCUT2D eigenvalue weighted by atomic mass is 35.5. The monoisotopic (exact) mass is 329 g/mol. The summed E-state index contributed by atoms with van der Waals surface area (Å²) < 4.78 is 8.55. The van der Waals surface area contributed by atoms with Gasteiger partial charge < -0.3 is 5.32 Å². The van der Waals surface area contributed by atoms with Crippen molar-refractivity contribution in [3.05, 3.63) is 16.1 Å². The SMILES string of the molecule is Clc1cc(Cl)c2nsnc2c1NCC1CCCCCC1. The lowest BCUT2D eigenvalue weighted by Crippen LogP contribution is -2.14. The van der Waals surface area contributed by atoms with E-state index in [-0.39, 0.29) is 0 Å². The van der Waals surface area contributed by atoms with E-state index in [0.29, 0.717) is 10.0 Å². The van der Waals surface area contributed by atoms with Crippen LogP contribution in [0.2, 0.25) is 10.0 Å². The molecule has 0 aliphatic heterocycles. The number of hydrogen-bond acceptors (Lipinski definition) is 4. The van der Waals surface area contributed by atoms with Crippen LogP contribution in [0.5, 0.6) is 0 Å². The number of aromatic nitrogens is 2. The molecule has 0 unspecified atom stereocenters. The van der Waals surface area contributed by atoms with Gasteiger partial charge in [-0.15, -0.1) is 0 Å². The van der Waals surface area contributed by atoms with Gasteiger partial charge in [0, 0.05) is 6.54 Å². The van der Waals surface area contributed by atoms with Gasteiger partial charge in [0.2, 0.25) is 0 Å². The molecule has 0 atom stereocenters. The fraction of sp³-hybridized carbons (Fsp3) is 0.571. The van der Waals surface area contributed by atoms with Crippen LogP contribution in [0, 0.1) is 5.92 Å². The van der Waals surface area contributed by atoms with Gasteiger partial charge in [0.1, 0.15) is 11.0 Å². The summed E-state index contributed by atoms with van der Waals surface area (Å²) in [4.78, 5) is 0. The molecular formula is C14H17Cl2N3S. The number of nitrogens with zero attached hydrogens (tertiary/aromatic N) is 2. The second-order valence-electron chi connectivity index (χ2n) is 5.42. The third-order valence-corrected chi connectivity index (χ3v) is 5.10. The predicted octanol–water partition coefficient (Wildman–Crippen LogP) is 5.38. The summed E-state index contributed by atoms with van der Waals surface area (Å²) in [5, 5.41) is 4.68. The molecule has 1 aromatic heterocycles. The number of benzene rings is 1. The Bertz CT molecular complexity index is 591. The van der Waals surface area contributed by atoms with Crippen molar-refractivity contribution in [3.8, 4) is 0 Å². The molecule has 0 radical (unpaired) electrons. The van der Waals surface area contributed by atoms with E-state index in [1.54, 1.807) is 6.07 Å². The average Bonchev–Trinajstić information content (AvgIpc) is 2.77. The molecular weight excluding hydrogens is 313 g/mol. The molecule has 20 heavy (non-hydrogen) atoms. The highest BCUT2D eigenvalue weighted by molar-refractivity contribution is 7.00. The fourth-order valence-corrected chi connectivity index (χ4v) is 4.04. The van der Waals surface area contributed by atoms with Crippen LogP contribution in [0.4, 0.5) is 5.69 Å². The Balaban J connectivity index is 1.78. The van der Waals surface area contributed by atoms with Crippen LogP contribution in [0.1, 0.15) is 38.5 Å². The van der Waals surface area contributed by atoms with E-state index >= 15 is 0 Å².